The summed E-state index contributed by atoms with van der Waals surface area (Å²) in [5.74, 6) is 0.187. The first-order valence-electron chi connectivity index (χ1n) is 7.08. The van der Waals surface area contributed by atoms with E-state index in [0.29, 0.717) is 19.1 Å². The highest BCUT2D eigenvalue weighted by Crippen LogP contribution is 2.22. The van der Waals surface area contributed by atoms with Crippen molar-refractivity contribution >= 4 is 28.8 Å². The second-order valence-electron chi connectivity index (χ2n) is 5.23. The molecule has 1 aromatic heterocycles. The third-order valence-electron chi connectivity index (χ3n) is 3.70. The Morgan fingerprint density at radius 2 is 2.20 bits per heavy atom. The van der Waals surface area contributed by atoms with Gasteiger partial charge in [-0.1, -0.05) is 11.6 Å². The minimum atomic E-state index is 0.187. The maximum Gasteiger partial charge on any atom is 0.237 e. The number of rotatable bonds is 5. The first-order valence-corrected chi connectivity index (χ1v) is 8.28. The normalized spacial score (nSPS) is 17.4. The summed E-state index contributed by atoms with van der Waals surface area (Å²) in [5, 5.41) is 0. The molecule has 0 radical (unpaired) electrons. The van der Waals surface area contributed by atoms with Gasteiger partial charge in [-0.3, -0.25) is 9.69 Å². The molecule has 6 heteroatoms. The molecule has 1 fully saturated rings. The molecule has 1 amide bonds. The van der Waals surface area contributed by atoms with Gasteiger partial charge in [0.05, 0.1) is 17.4 Å². The summed E-state index contributed by atoms with van der Waals surface area (Å²) in [6.07, 6.45) is 1.97. The monoisotopic (exact) mass is 315 g/mol. The van der Waals surface area contributed by atoms with E-state index < -0.39 is 0 Å². The van der Waals surface area contributed by atoms with Crippen molar-refractivity contribution in [2.24, 2.45) is 5.73 Å². The fourth-order valence-electron chi connectivity index (χ4n) is 2.40. The molecule has 1 aliphatic rings. The Hall–Kier alpha value is -0.620. The molecule has 0 aromatic carbocycles. The van der Waals surface area contributed by atoms with Gasteiger partial charge in [0.25, 0.3) is 0 Å². The van der Waals surface area contributed by atoms with Crippen LogP contribution in [-0.2, 0) is 11.3 Å². The molecule has 1 aromatic rings. The first kappa shape index (κ1) is 15.8. The van der Waals surface area contributed by atoms with Crippen molar-refractivity contribution in [2.75, 3.05) is 26.2 Å². The van der Waals surface area contributed by atoms with E-state index >= 15 is 0 Å². The highest BCUT2D eigenvalue weighted by Gasteiger charge is 2.21. The van der Waals surface area contributed by atoms with Crippen molar-refractivity contribution < 1.29 is 4.79 Å². The molecule has 0 aliphatic carbocycles. The average molecular weight is 316 g/mol. The van der Waals surface area contributed by atoms with Gasteiger partial charge in [0, 0.05) is 30.6 Å². The summed E-state index contributed by atoms with van der Waals surface area (Å²) in [6.45, 7) is 5.74. The summed E-state index contributed by atoms with van der Waals surface area (Å²) in [4.78, 5) is 17.6. The zero-order chi connectivity index (χ0) is 14.5. The van der Waals surface area contributed by atoms with Crippen molar-refractivity contribution in [3.8, 4) is 0 Å². The third-order valence-corrected chi connectivity index (χ3v) is 4.92. The second kappa shape index (κ2) is 7.41. The van der Waals surface area contributed by atoms with Crippen LogP contribution < -0.4 is 5.73 Å². The third kappa shape index (κ3) is 4.45. The number of carbonyl (C=O) groups is 1. The van der Waals surface area contributed by atoms with Gasteiger partial charge in [0.1, 0.15) is 0 Å². The number of halogens is 1. The topological polar surface area (TPSA) is 49.6 Å². The van der Waals surface area contributed by atoms with E-state index in [9.17, 15) is 4.79 Å². The number of amides is 1. The van der Waals surface area contributed by atoms with E-state index in [1.54, 1.807) is 0 Å². The molecule has 2 rings (SSSR count). The molecule has 2 N–H and O–H groups in total. The zero-order valence-electron chi connectivity index (χ0n) is 11.8. The summed E-state index contributed by atoms with van der Waals surface area (Å²) in [7, 11) is 0. The van der Waals surface area contributed by atoms with Crippen LogP contribution in [0.1, 0.15) is 24.6 Å². The van der Waals surface area contributed by atoms with Gasteiger partial charge in [-0.2, -0.15) is 0 Å². The molecule has 2 heterocycles. The van der Waals surface area contributed by atoms with Crippen LogP contribution >= 0.6 is 22.9 Å². The highest BCUT2D eigenvalue weighted by molar-refractivity contribution is 7.16. The first-order chi connectivity index (χ1) is 9.58. The summed E-state index contributed by atoms with van der Waals surface area (Å²) in [6, 6.07) is 4.17. The quantitative estimate of drug-likeness (QED) is 0.906. The molecular weight excluding hydrogens is 294 g/mol. The lowest BCUT2D eigenvalue weighted by Gasteiger charge is -2.31. The molecule has 0 saturated carbocycles. The number of piperidine rings is 1. The van der Waals surface area contributed by atoms with E-state index in [1.165, 1.54) is 11.3 Å². The average Bonchev–Trinajstić information content (AvgIpc) is 2.84. The smallest absolute Gasteiger partial charge is 0.237 e. The molecular formula is C14H22ClN3OS. The van der Waals surface area contributed by atoms with Crippen LogP contribution in [0.2, 0.25) is 4.34 Å². The van der Waals surface area contributed by atoms with Crippen molar-refractivity contribution in [1.29, 1.82) is 0 Å². The Kier molecular flexibility index (Phi) is 5.84. The number of nitrogens with two attached hydrogens (primary N) is 1. The fourth-order valence-corrected chi connectivity index (χ4v) is 3.51. The number of nitrogens with zero attached hydrogens (tertiary/aromatic N) is 2. The van der Waals surface area contributed by atoms with Crippen LogP contribution in [0.4, 0.5) is 0 Å². The van der Waals surface area contributed by atoms with Crippen molar-refractivity contribution in [3.63, 3.8) is 0 Å². The van der Waals surface area contributed by atoms with Gasteiger partial charge in [-0.05, 0) is 31.9 Å². The summed E-state index contributed by atoms with van der Waals surface area (Å²) < 4.78 is 0.772. The standard InChI is InChI=1S/C14H22ClN3OS/c1-2-18(9-12-3-4-13(15)20-12)14(19)10-17-7-5-11(16)6-8-17/h3-4,11H,2,5-10,16H2,1H3. The summed E-state index contributed by atoms with van der Waals surface area (Å²) >= 11 is 7.47. The van der Waals surface area contributed by atoms with Crippen LogP contribution in [0.15, 0.2) is 12.1 Å². The number of likely N-dealkylation sites (tertiary alicyclic amines) is 1. The Labute approximate surface area is 129 Å². The predicted octanol–water partition coefficient (Wildman–Crippen LogP) is 2.17. The maximum absolute atomic E-state index is 12.4. The number of hydrogen-bond donors (Lipinski definition) is 1. The Balaban J connectivity index is 1.85. The molecule has 112 valence electrons. The van der Waals surface area contributed by atoms with E-state index in [2.05, 4.69) is 4.90 Å². The van der Waals surface area contributed by atoms with Gasteiger partial charge in [0.15, 0.2) is 0 Å². The molecule has 4 nitrogen and oxygen atoms in total. The molecule has 0 bridgehead atoms. The van der Waals surface area contributed by atoms with E-state index in [4.69, 9.17) is 17.3 Å². The molecule has 0 spiro atoms. The van der Waals surface area contributed by atoms with Gasteiger partial charge in [0.2, 0.25) is 5.91 Å². The van der Waals surface area contributed by atoms with Gasteiger partial charge in [-0.25, -0.2) is 0 Å². The van der Waals surface area contributed by atoms with Crippen molar-refractivity contribution in [1.82, 2.24) is 9.80 Å². The van der Waals surface area contributed by atoms with Crippen LogP contribution in [0.5, 0.6) is 0 Å². The molecule has 20 heavy (non-hydrogen) atoms. The van der Waals surface area contributed by atoms with Gasteiger partial charge in [-0.15, -0.1) is 11.3 Å². The Morgan fingerprint density at radius 1 is 1.50 bits per heavy atom. The lowest BCUT2D eigenvalue weighted by atomic mass is 10.1. The van der Waals surface area contributed by atoms with Gasteiger partial charge < -0.3 is 10.6 Å². The second-order valence-corrected chi connectivity index (χ2v) is 7.03. The Morgan fingerprint density at radius 3 is 2.75 bits per heavy atom. The maximum atomic E-state index is 12.4. The van der Waals surface area contributed by atoms with Crippen molar-refractivity contribution in [2.45, 2.75) is 32.4 Å². The van der Waals surface area contributed by atoms with Crippen LogP contribution in [0.3, 0.4) is 0 Å². The Bertz CT molecular complexity index is 443. The molecule has 1 aliphatic heterocycles. The van der Waals surface area contributed by atoms with Crippen LogP contribution in [0.25, 0.3) is 0 Å². The van der Waals surface area contributed by atoms with E-state index in [1.807, 2.05) is 24.0 Å². The number of carbonyl (C=O) groups excluding carboxylic acids is 1. The number of thiophene rings is 1. The summed E-state index contributed by atoms with van der Waals surface area (Å²) in [5.41, 5.74) is 5.89. The largest absolute Gasteiger partial charge is 0.337 e. The number of hydrogen-bond acceptors (Lipinski definition) is 4. The number of likely N-dealkylation sites (N-methyl/N-ethyl adjacent to an activating group) is 1. The SMILES string of the molecule is CCN(Cc1ccc(Cl)s1)C(=O)CN1CCC(N)CC1. The zero-order valence-corrected chi connectivity index (χ0v) is 13.4. The van der Waals surface area contributed by atoms with Gasteiger partial charge >= 0.3 is 0 Å². The molecule has 0 unspecified atom stereocenters. The minimum Gasteiger partial charge on any atom is -0.337 e. The minimum absolute atomic E-state index is 0.187. The molecule has 1 saturated heterocycles. The predicted molar refractivity (Wildman–Crippen MR) is 84.1 cm³/mol. The fraction of sp³-hybridized carbons (Fsp3) is 0.643. The lowest BCUT2D eigenvalue weighted by Crippen LogP contribution is -2.45. The van der Waals surface area contributed by atoms with E-state index in [-0.39, 0.29) is 5.91 Å². The van der Waals surface area contributed by atoms with Crippen molar-refractivity contribution in [3.05, 3.63) is 21.3 Å². The highest BCUT2D eigenvalue weighted by atomic mass is 35.5. The van der Waals surface area contributed by atoms with Crippen LogP contribution in [0, 0.1) is 0 Å². The van der Waals surface area contributed by atoms with Crippen LogP contribution in [-0.4, -0.2) is 47.9 Å². The lowest BCUT2D eigenvalue weighted by molar-refractivity contribution is -0.133. The van der Waals surface area contributed by atoms with E-state index in [0.717, 1.165) is 41.7 Å². The molecule has 0 atom stereocenters.